The van der Waals surface area contributed by atoms with Gasteiger partial charge in [-0.15, -0.1) is 0 Å². The molecule has 0 aliphatic heterocycles. The average Bonchev–Trinajstić information content (AvgIpc) is 3.38. The summed E-state index contributed by atoms with van der Waals surface area (Å²) in [6.07, 6.45) is 70.7. The lowest BCUT2D eigenvalue weighted by atomic mass is 10.0. The van der Waals surface area contributed by atoms with E-state index in [1.54, 1.807) is 0 Å². The van der Waals surface area contributed by atoms with Gasteiger partial charge < -0.3 is 19.4 Å². The van der Waals surface area contributed by atoms with E-state index in [2.05, 4.69) is 74.7 Å². The Labute approximate surface area is 471 Å². The molecule has 0 bridgehead atoms. The third-order valence-corrected chi connectivity index (χ3v) is 15.2. The Kier molecular flexibility index (Phi) is 54.3. The van der Waals surface area contributed by atoms with Gasteiger partial charge in [0.2, 0.25) is 5.91 Å². The predicted molar refractivity (Wildman–Crippen MR) is 328 cm³/mol. The van der Waals surface area contributed by atoms with Crippen LogP contribution in [0.25, 0.3) is 0 Å². The fraction of sp³-hybridized carbons (Fsp3) is 0.818. The number of allylic oxidation sites excluding steroid dienone is 9. The van der Waals surface area contributed by atoms with E-state index in [0.29, 0.717) is 17.4 Å². The van der Waals surface area contributed by atoms with Gasteiger partial charge in [-0.1, -0.05) is 249 Å². The number of hydrogen-bond donors (Lipinski definition) is 2. The summed E-state index contributed by atoms with van der Waals surface area (Å²) in [6.45, 7) is 6.99. The van der Waals surface area contributed by atoms with E-state index < -0.39 is 20.0 Å². The number of nitrogens with one attached hydrogen (secondary N) is 1. The SMILES string of the molecule is CCCCC/C=C\C/C=C\C/C=C\CCCCCCCCCCCCC(=O)NC(COP(=O)(O)OCC[N+](C)(C)C)C(/C=C\CCCCCCCCCCCC)OC(=O)CCCCCCCCC/C=C\CCCCCC. The van der Waals surface area contributed by atoms with E-state index in [9.17, 15) is 19.0 Å². The highest BCUT2D eigenvalue weighted by Crippen LogP contribution is 2.43. The maximum absolute atomic E-state index is 13.6. The molecule has 0 heterocycles. The van der Waals surface area contributed by atoms with Crippen LogP contribution in [0.4, 0.5) is 0 Å². The molecule has 0 rings (SSSR count). The third kappa shape index (κ3) is 56.4. The van der Waals surface area contributed by atoms with Gasteiger partial charge in [-0.05, 0) is 96.0 Å². The molecule has 0 aromatic carbocycles. The molecule has 0 radical (unpaired) electrons. The molecular weight excluding hydrogens is 964 g/mol. The van der Waals surface area contributed by atoms with Crippen molar-refractivity contribution < 1.29 is 37.3 Å². The molecule has 10 heteroatoms. The molecule has 0 spiro atoms. The number of quaternary nitrogens is 1. The maximum atomic E-state index is 13.6. The van der Waals surface area contributed by atoms with Crippen LogP contribution in [0.2, 0.25) is 0 Å². The number of nitrogens with zero attached hydrogens (tertiary/aromatic N) is 1. The van der Waals surface area contributed by atoms with Gasteiger partial charge in [-0.25, -0.2) is 4.57 Å². The minimum absolute atomic E-state index is 0.0381. The Morgan fingerprint density at radius 3 is 1.25 bits per heavy atom. The highest BCUT2D eigenvalue weighted by atomic mass is 31.2. The standard InChI is InChI=1S/C66H123N2O7P/c1-7-10-13-16-19-22-25-28-30-31-32-33-34-35-36-37-39-40-43-46-49-52-55-58-65(69)67-63(62-74-76(71,72)73-61-60-68(4,5)6)64(57-54-51-48-45-42-27-24-21-18-15-12-9-3)75-66(70)59-56-53-50-47-44-41-38-29-26-23-20-17-14-11-8-2/h19,22-23,26,28,30,32-33,54,57,63-64H,7-18,20-21,24-25,27,29,31,34-53,55-56,58-62H2,1-6H3,(H-,67,69,71,72)/p+1/b22-19-,26-23-,30-28-,33-32-,57-54-. The average molecular weight is 1090 g/mol. The van der Waals surface area contributed by atoms with Crippen molar-refractivity contribution in [2.24, 2.45) is 0 Å². The number of ether oxygens (including phenoxy) is 1. The Bertz CT molecular complexity index is 1490. The number of carbonyl (C=O) groups excluding carboxylic acids is 2. The van der Waals surface area contributed by atoms with Crippen LogP contribution in [0.1, 0.15) is 297 Å². The van der Waals surface area contributed by atoms with Crippen LogP contribution in [-0.4, -0.2) is 74.3 Å². The number of rotatable bonds is 58. The monoisotopic (exact) mass is 1090 g/mol. The van der Waals surface area contributed by atoms with Crippen LogP contribution in [0.5, 0.6) is 0 Å². The van der Waals surface area contributed by atoms with Crippen LogP contribution in [0, 0.1) is 0 Å². The van der Waals surface area contributed by atoms with Crippen LogP contribution >= 0.6 is 7.82 Å². The highest BCUT2D eigenvalue weighted by Gasteiger charge is 2.30. The van der Waals surface area contributed by atoms with E-state index in [1.165, 1.54) is 186 Å². The van der Waals surface area contributed by atoms with Crippen molar-refractivity contribution in [2.75, 3.05) is 40.9 Å². The molecule has 444 valence electrons. The van der Waals surface area contributed by atoms with Crippen molar-refractivity contribution in [3.05, 3.63) is 60.8 Å². The Balaban J connectivity index is 5.17. The topological polar surface area (TPSA) is 111 Å². The predicted octanol–water partition coefficient (Wildman–Crippen LogP) is 19.8. The number of carbonyl (C=O) groups is 2. The molecular formula is C66H124N2O7P+. The van der Waals surface area contributed by atoms with Gasteiger partial charge in [-0.2, -0.15) is 0 Å². The molecule has 9 nitrogen and oxygen atoms in total. The molecule has 0 aromatic heterocycles. The number of phosphoric acid groups is 1. The number of esters is 1. The lowest BCUT2D eigenvalue weighted by Gasteiger charge is -2.27. The van der Waals surface area contributed by atoms with E-state index in [0.717, 1.165) is 77.0 Å². The summed E-state index contributed by atoms with van der Waals surface area (Å²) in [4.78, 5) is 37.7. The number of phosphoric ester groups is 1. The maximum Gasteiger partial charge on any atom is 0.472 e. The fourth-order valence-electron chi connectivity index (χ4n) is 9.18. The van der Waals surface area contributed by atoms with Crippen LogP contribution in [0.3, 0.4) is 0 Å². The summed E-state index contributed by atoms with van der Waals surface area (Å²) in [5.41, 5.74) is 0. The van der Waals surface area contributed by atoms with Crippen LogP contribution in [-0.2, 0) is 27.9 Å². The van der Waals surface area contributed by atoms with E-state index >= 15 is 0 Å². The van der Waals surface area contributed by atoms with Gasteiger partial charge in [0.25, 0.3) is 0 Å². The summed E-state index contributed by atoms with van der Waals surface area (Å²) >= 11 is 0. The normalized spacial score (nSPS) is 14.0. The van der Waals surface area contributed by atoms with Gasteiger partial charge in [0.15, 0.2) is 0 Å². The molecule has 3 atom stereocenters. The van der Waals surface area contributed by atoms with Gasteiger partial charge >= 0.3 is 13.8 Å². The van der Waals surface area contributed by atoms with Gasteiger partial charge in [0, 0.05) is 12.8 Å². The summed E-state index contributed by atoms with van der Waals surface area (Å²) in [6, 6.07) is -0.852. The van der Waals surface area contributed by atoms with Gasteiger partial charge in [0.05, 0.1) is 33.8 Å². The second kappa shape index (κ2) is 56.0. The first kappa shape index (κ1) is 73.7. The Morgan fingerprint density at radius 2 is 0.803 bits per heavy atom. The lowest BCUT2D eigenvalue weighted by Crippen LogP contribution is -2.47. The lowest BCUT2D eigenvalue weighted by molar-refractivity contribution is -0.870. The second-order valence-electron chi connectivity index (χ2n) is 22.9. The van der Waals surface area contributed by atoms with Gasteiger partial charge in [-0.3, -0.25) is 18.6 Å². The zero-order valence-corrected chi connectivity index (χ0v) is 51.6. The summed E-state index contributed by atoms with van der Waals surface area (Å²) in [5, 5.41) is 3.06. The number of unbranched alkanes of at least 4 members (excludes halogenated alkanes) is 34. The second-order valence-corrected chi connectivity index (χ2v) is 24.4. The van der Waals surface area contributed by atoms with Crippen molar-refractivity contribution in [1.29, 1.82) is 0 Å². The molecule has 0 aliphatic carbocycles. The first-order valence-corrected chi connectivity index (χ1v) is 33.6. The van der Waals surface area contributed by atoms with Crippen LogP contribution in [0.15, 0.2) is 60.8 Å². The number of likely N-dealkylation sites (N-methyl/N-ethyl adjacent to an activating group) is 1. The van der Waals surface area contributed by atoms with E-state index in [1.807, 2.05) is 33.3 Å². The summed E-state index contributed by atoms with van der Waals surface area (Å²) in [7, 11) is 1.49. The molecule has 76 heavy (non-hydrogen) atoms. The van der Waals surface area contributed by atoms with Crippen molar-refractivity contribution >= 4 is 19.7 Å². The minimum Gasteiger partial charge on any atom is -0.456 e. The first-order valence-electron chi connectivity index (χ1n) is 32.1. The number of amides is 1. The highest BCUT2D eigenvalue weighted by molar-refractivity contribution is 7.47. The molecule has 3 unspecified atom stereocenters. The number of hydrogen-bond acceptors (Lipinski definition) is 6. The summed E-state index contributed by atoms with van der Waals surface area (Å²) in [5.74, 6) is -0.508. The van der Waals surface area contributed by atoms with Gasteiger partial charge in [0.1, 0.15) is 19.3 Å². The molecule has 0 saturated carbocycles. The molecule has 1 amide bonds. The first-order chi connectivity index (χ1) is 36.9. The van der Waals surface area contributed by atoms with E-state index in [4.69, 9.17) is 13.8 Å². The largest absolute Gasteiger partial charge is 0.472 e. The van der Waals surface area contributed by atoms with Crippen molar-refractivity contribution in [3.63, 3.8) is 0 Å². The van der Waals surface area contributed by atoms with E-state index in [-0.39, 0.29) is 31.5 Å². The molecule has 0 saturated heterocycles. The third-order valence-electron chi connectivity index (χ3n) is 14.2. The van der Waals surface area contributed by atoms with Crippen molar-refractivity contribution in [2.45, 2.75) is 309 Å². The quantitative estimate of drug-likeness (QED) is 0.0205. The van der Waals surface area contributed by atoms with Crippen molar-refractivity contribution in [1.82, 2.24) is 5.32 Å². The Morgan fingerprint density at radius 1 is 0.461 bits per heavy atom. The fourth-order valence-corrected chi connectivity index (χ4v) is 9.91. The smallest absolute Gasteiger partial charge is 0.456 e. The molecule has 0 fully saturated rings. The molecule has 0 aliphatic rings. The summed E-state index contributed by atoms with van der Waals surface area (Å²) < 4.78 is 30.7. The van der Waals surface area contributed by atoms with Crippen molar-refractivity contribution in [3.8, 4) is 0 Å². The van der Waals surface area contributed by atoms with Crippen LogP contribution < -0.4 is 5.32 Å². The Hall–Kier alpha value is -2.29. The minimum atomic E-state index is -4.45. The zero-order chi connectivity index (χ0) is 55.7. The molecule has 2 N–H and O–H groups in total. The zero-order valence-electron chi connectivity index (χ0n) is 50.7. The molecule has 0 aromatic rings.